The Morgan fingerprint density at radius 2 is 1.67 bits per heavy atom. The van der Waals surface area contributed by atoms with Gasteiger partial charge in [-0.3, -0.25) is 9.59 Å². The quantitative estimate of drug-likeness (QED) is 0.788. The first kappa shape index (κ1) is 20.5. The third-order valence-corrected chi connectivity index (χ3v) is 6.27. The minimum atomic E-state index is -0.582. The van der Waals surface area contributed by atoms with Gasteiger partial charge >= 0.3 is 0 Å². The van der Waals surface area contributed by atoms with Crippen LogP contribution in [0.2, 0.25) is 0 Å². The summed E-state index contributed by atoms with van der Waals surface area (Å²) < 4.78 is 5.23. The number of ether oxygens (including phenoxy) is 1. The second-order valence-corrected chi connectivity index (χ2v) is 8.32. The highest BCUT2D eigenvalue weighted by Crippen LogP contribution is 2.35. The highest BCUT2D eigenvalue weighted by molar-refractivity contribution is 6.04. The van der Waals surface area contributed by atoms with Crippen molar-refractivity contribution in [2.75, 3.05) is 7.11 Å². The van der Waals surface area contributed by atoms with Crippen LogP contribution in [0, 0.1) is 0 Å². The summed E-state index contributed by atoms with van der Waals surface area (Å²) in [5.41, 5.74) is 2.41. The summed E-state index contributed by atoms with van der Waals surface area (Å²) in [6, 6.07) is 14.8. The van der Waals surface area contributed by atoms with E-state index in [1.54, 1.807) is 12.0 Å². The van der Waals surface area contributed by atoms with Gasteiger partial charge in [0.1, 0.15) is 11.8 Å². The topological polar surface area (TPSA) is 58.6 Å². The first-order valence-electron chi connectivity index (χ1n) is 11.0. The first-order chi connectivity index (χ1) is 14.7. The van der Waals surface area contributed by atoms with Gasteiger partial charge in [-0.1, -0.05) is 62.4 Å². The molecule has 0 spiro atoms. The van der Waals surface area contributed by atoms with Crippen LogP contribution in [0.3, 0.4) is 0 Å². The number of carbonyl (C=O) groups is 2. The third kappa shape index (κ3) is 4.35. The van der Waals surface area contributed by atoms with Gasteiger partial charge in [0.2, 0.25) is 5.91 Å². The van der Waals surface area contributed by atoms with Gasteiger partial charge < -0.3 is 15.0 Å². The lowest BCUT2D eigenvalue weighted by atomic mass is 9.96. The van der Waals surface area contributed by atoms with Gasteiger partial charge in [0, 0.05) is 18.2 Å². The molecule has 1 aliphatic heterocycles. The van der Waals surface area contributed by atoms with Crippen molar-refractivity contribution >= 4 is 11.8 Å². The number of fused-ring (bicyclic) bond motifs is 1. The molecule has 1 saturated carbocycles. The Kier molecular flexibility index (Phi) is 6.36. The molecule has 1 heterocycles. The molecule has 0 saturated heterocycles. The fraction of sp³-hybridized carbons (Fsp3) is 0.440. The molecule has 2 aromatic rings. The van der Waals surface area contributed by atoms with E-state index in [0.29, 0.717) is 12.1 Å². The van der Waals surface area contributed by atoms with E-state index in [1.807, 2.05) is 48.5 Å². The zero-order valence-electron chi connectivity index (χ0n) is 17.6. The number of carbonyl (C=O) groups excluding carboxylic acids is 2. The highest BCUT2D eigenvalue weighted by Gasteiger charge is 2.41. The number of rotatable bonds is 5. The molecule has 1 aliphatic carbocycles. The molecule has 0 aromatic heterocycles. The van der Waals surface area contributed by atoms with E-state index in [9.17, 15) is 9.59 Å². The molecule has 1 N–H and O–H groups in total. The standard InChI is InChI=1S/C25H30N2O3/c1-30-20-15-13-18(14-16-20)17-27-23(21-11-7-8-12-22(21)25(27)29)24(28)26-19-9-5-3-2-4-6-10-19/h7-8,11-16,19,23H,2-6,9-10,17H2,1H3,(H,26,28). The van der Waals surface area contributed by atoms with Gasteiger partial charge in [-0.15, -0.1) is 0 Å². The van der Waals surface area contributed by atoms with E-state index in [4.69, 9.17) is 4.74 Å². The lowest BCUT2D eigenvalue weighted by Crippen LogP contribution is -2.43. The monoisotopic (exact) mass is 406 g/mol. The van der Waals surface area contributed by atoms with Crippen molar-refractivity contribution in [1.82, 2.24) is 10.2 Å². The van der Waals surface area contributed by atoms with Gasteiger partial charge in [-0.25, -0.2) is 0 Å². The summed E-state index contributed by atoms with van der Waals surface area (Å²) in [6.07, 6.45) is 8.11. The van der Waals surface area contributed by atoms with E-state index in [-0.39, 0.29) is 17.9 Å². The fourth-order valence-electron chi connectivity index (χ4n) is 4.62. The van der Waals surface area contributed by atoms with Crippen LogP contribution in [0.15, 0.2) is 48.5 Å². The van der Waals surface area contributed by atoms with Gasteiger partial charge in [0.25, 0.3) is 5.91 Å². The second kappa shape index (κ2) is 9.33. The predicted octanol–water partition coefficient (Wildman–Crippen LogP) is 4.62. The minimum absolute atomic E-state index is 0.0626. The summed E-state index contributed by atoms with van der Waals surface area (Å²) in [4.78, 5) is 28.2. The van der Waals surface area contributed by atoms with Crippen LogP contribution in [0.5, 0.6) is 5.75 Å². The Morgan fingerprint density at radius 3 is 2.37 bits per heavy atom. The molecule has 1 fully saturated rings. The Balaban J connectivity index is 1.56. The molecular weight excluding hydrogens is 376 g/mol. The van der Waals surface area contributed by atoms with Gasteiger partial charge in [0.15, 0.2) is 0 Å². The molecule has 2 amide bonds. The summed E-state index contributed by atoms with van der Waals surface area (Å²) in [5, 5.41) is 3.27. The molecule has 1 atom stereocenters. The highest BCUT2D eigenvalue weighted by atomic mass is 16.5. The van der Waals surface area contributed by atoms with Crippen LogP contribution < -0.4 is 10.1 Å². The maximum atomic E-state index is 13.4. The van der Waals surface area contributed by atoms with Gasteiger partial charge in [-0.2, -0.15) is 0 Å². The van der Waals surface area contributed by atoms with Crippen molar-refractivity contribution in [2.45, 2.75) is 63.6 Å². The molecule has 4 rings (SSSR count). The summed E-state index contributed by atoms with van der Waals surface area (Å²) in [6.45, 7) is 0.389. The molecule has 0 bridgehead atoms. The maximum absolute atomic E-state index is 13.4. The Bertz CT molecular complexity index is 886. The second-order valence-electron chi connectivity index (χ2n) is 8.32. The molecule has 2 aliphatic rings. The van der Waals surface area contributed by atoms with Crippen LogP contribution in [-0.4, -0.2) is 29.9 Å². The largest absolute Gasteiger partial charge is 0.497 e. The number of hydrogen-bond acceptors (Lipinski definition) is 3. The molecule has 5 nitrogen and oxygen atoms in total. The first-order valence-corrected chi connectivity index (χ1v) is 11.0. The van der Waals surface area contributed by atoms with E-state index in [2.05, 4.69) is 5.32 Å². The average Bonchev–Trinajstić information content (AvgIpc) is 3.02. The summed E-state index contributed by atoms with van der Waals surface area (Å²) in [5.74, 6) is 0.625. The number of nitrogens with one attached hydrogen (secondary N) is 1. The number of hydrogen-bond donors (Lipinski definition) is 1. The lowest BCUT2D eigenvalue weighted by Gasteiger charge is -2.28. The molecular formula is C25H30N2O3. The Hall–Kier alpha value is -2.82. The van der Waals surface area contributed by atoms with Crippen molar-refractivity contribution in [3.63, 3.8) is 0 Å². The van der Waals surface area contributed by atoms with Crippen LogP contribution >= 0.6 is 0 Å². The molecule has 158 valence electrons. The van der Waals surface area contributed by atoms with Crippen molar-refractivity contribution in [3.8, 4) is 5.75 Å². The summed E-state index contributed by atoms with van der Waals surface area (Å²) in [7, 11) is 1.63. The number of benzene rings is 2. The average molecular weight is 407 g/mol. The zero-order chi connectivity index (χ0) is 20.9. The van der Waals surface area contributed by atoms with E-state index >= 15 is 0 Å². The van der Waals surface area contributed by atoms with Crippen LogP contribution in [0.1, 0.15) is 72.5 Å². The maximum Gasteiger partial charge on any atom is 0.255 e. The summed E-state index contributed by atoms with van der Waals surface area (Å²) >= 11 is 0. The lowest BCUT2D eigenvalue weighted by molar-refractivity contribution is -0.126. The zero-order valence-corrected chi connectivity index (χ0v) is 17.6. The van der Waals surface area contributed by atoms with Crippen LogP contribution in [-0.2, 0) is 11.3 Å². The van der Waals surface area contributed by atoms with E-state index in [1.165, 1.54) is 19.3 Å². The number of amides is 2. The molecule has 0 radical (unpaired) electrons. The van der Waals surface area contributed by atoms with E-state index in [0.717, 1.165) is 42.6 Å². The Morgan fingerprint density at radius 1 is 1.00 bits per heavy atom. The van der Waals surface area contributed by atoms with Crippen molar-refractivity contribution in [1.29, 1.82) is 0 Å². The van der Waals surface area contributed by atoms with Gasteiger partial charge in [-0.05, 0) is 42.2 Å². The SMILES string of the molecule is COc1ccc(CN2C(=O)c3ccccc3C2C(=O)NC2CCCCCCC2)cc1. The normalized spacial score (nSPS) is 19.7. The number of methoxy groups -OCH3 is 1. The molecule has 2 aromatic carbocycles. The van der Waals surface area contributed by atoms with Crippen LogP contribution in [0.4, 0.5) is 0 Å². The molecule has 5 heteroatoms. The van der Waals surface area contributed by atoms with Gasteiger partial charge in [0.05, 0.1) is 7.11 Å². The fourth-order valence-corrected chi connectivity index (χ4v) is 4.62. The van der Waals surface area contributed by atoms with Crippen molar-refractivity contribution in [3.05, 3.63) is 65.2 Å². The molecule has 1 unspecified atom stereocenters. The van der Waals surface area contributed by atoms with Crippen molar-refractivity contribution < 1.29 is 14.3 Å². The smallest absolute Gasteiger partial charge is 0.255 e. The molecule has 30 heavy (non-hydrogen) atoms. The third-order valence-electron chi connectivity index (χ3n) is 6.27. The van der Waals surface area contributed by atoms with Crippen molar-refractivity contribution in [2.24, 2.45) is 0 Å². The number of nitrogens with zero attached hydrogens (tertiary/aromatic N) is 1. The van der Waals surface area contributed by atoms with E-state index < -0.39 is 6.04 Å². The van der Waals surface area contributed by atoms with Crippen LogP contribution in [0.25, 0.3) is 0 Å². The predicted molar refractivity (Wildman–Crippen MR) is 116 cm³/mol. The Labute approximate surface area is 178 Å². The minimum Gasteiger partial charge on any atom is -0.497 e.